The lowest BCUT2D eigenvalue weighted by Crippen LogP contribution is -1.86. The predicted octanol–water partition coefficient (Wildman–Crippen LogP) is 4.10. The normalized spacial score (nSPS) is 11.7. The first-order valence-electron chi connectivity index (χ1n) is 5.53. The van der Waals surface area contributed by atoms with Gasteiger partial charge in [0.1, 0.15) is 11.1 Å². The molecule has 3 aromatic rings. The fraction of sp³-hybridized carbons (Fsp3) is 0.214. The Hall–Kier alpha value is -1.83. The van der Waals surface area contributed by atoms with E-state index in [0.717, 1.165) is 22.1 Å². The summed E-state index contributed by atoms with van der Waals surface area (Å²) in [6, 6.07) is 10.1. The van der Waals surface area contributed by atoms with Crippen molar-refractivity contribution >= 4 is 22.1 Å². The highest BCUT2D eigenvalue weighted by Gasteiger charge is 2.12. The minimum Gasteiger partial charge on any atom is -0.454 e. The van der Waals surface area contributed by atoms with E-state index in [0.29, 0.717) is 5.92 Å². The van der Waals surface area contributed by atoms with Crippen molar-refractivity contribution in [3.8, 4) is 0 Å². The maximum Gasteiger partial charge on any atom is 0.153 e. The molecule has 0 unspecified atom stereocenters. The van der Waals surface area contributed by atoms with Crippen molar-refractivity contribution in [3.63, 3.8) is 0 Å². The first-order valence-corrected chi connectivity index (χ1v) is 5.53. The van der Waals surface area contributed by atoms with Crippen LogP contribution in [0, 0.1) is 0 Å². The lowest BCUT2D eigenvalue weighted by Gasteiger charge is -2.04. The van der Waals surface area contributed by atoms with E-state index in [4.69, 9.17) is 4.42 Å². The summed E-state index contributed by atoms with van der Waals surface area (Å²) in [6.07, 6.45) is 1.80. The number of hydrogen-bond acceptors (Lipinski definition) is 2. The Bertz CT molecular complexity index is 652. The van der Waals surface area contributed by atoms with E-state index in [1.807, 2.05) is 12.1 Å². The van der Waals surface area contributed by atoms with Crippen molar-refractivity contribution < 1.29 is 4.42 Å². The van der Waals surface area contributed by atoms with E-state index >= 15 is 0 Å². The Morgan fingerprint density at radius 3 is 2.81 bits per heavy atom. The highest BCUT2D eigenvalue weighted by atomic mass is 16.3. The summed E-state index contributed by atoms with van der Waals surface area (Å²) >= 11 is 0. The van der Waals surface area contributed by atoms with E-state index in [2.05, 4.69) is 37.0 Å². The second-order valence-electron chi connectivity index (χ2n) is 4.33. The van der Waals surface area contributed by atoms with E-state index in [1.165, 1.54) is 5.56 Å². The molecule has 0 aliphatic rings. The Morgan fingerprint density at radius 2 is 2.00 bits per heavy atom. The lowest BCUT2D eigenvalue weighted by molar-refractivity contribution is 0.656. The first-order chi connectivity index (χ1) is 7.77. The summed E-state index contributed by atoms with van der Waals surface area (Å²) in [7, 11) is 0. The van der Waals surface area contributed by atoms with Crippen molar-refractivity contribution in [3.05, 3.63) is 42.1 Å². The third-order valence-electron chi connectivity index (χ3n) is 2.91. The van der Waals surface area contributed by atoms with Crippen LogP contribution in [-0.2, 0) is 0 Å². The predicted molar refractivity (Wildman–Crippen MR) is 65.6 cm³/mol. The number of hydrogen-bond donors (Lipinski definition) is 0. The number of aromatic nitrogens is 1. The molecule has 2 aromatic heterocycles. The third-order valence-corrected chi connectivity index (χ3v) is 2.91. The SMILES string of the molecule is CC(C)c1cccc2c1oc1cccnc12. The van der Waals surface area contributed by atoms with Crippen LogP contribution in [0.5, 0.6) is 0 Å². The van der Waals surface area contributed by atoms with Gasteiger partial charge in [0, 0.05) is 11.6 Å². The molecule has 16 heavy (non-hydrogen) atoms. The quantitative estimate of drug-likeness (QED) is 0.605. The monoisotopic (exact) mass is 211 g/mol. The van der Waals surface area contributed by atoms with Gasteiger partial charge < -0.3 is 4.42 Å². The van der Waals surface area contributed by atoms with E-state index < -0.39 is 0 Å². The molecule has 0 aliphatic carbocycles. The molecule has 3 rings (SSSR count). The molecule has 0 saturated carbocycles. The highest BCUT2D eigenvalue weighted by Crippen LogP contribution is 2.32. The van der Waals surface area contributed by atoms with Crippen molar-refractivity contribution in [1.82, 2.24) is 4.98 Å². The van der Waals surface area contributed by atoms with Crippen LogP contribution in [0.4, 0.5) is 0 Å². The Kier molecular flexibility index (Phi) is 1.96. The van der Waals surface area contributed by atoms with Crippen LogP contribution in [0.1, 0.15) is 25.3 Å². The Morgan fingerprint density at radius 1 is 1.12 bits per heavy atom. The minimum absolute atomic E-state index is 0.462. The van der Waals surface area contributed by atoms with Gasteiger partial charge in [-0.2, -0.15) is 0 Å². The highest BCUT2D eigenvalue weighted by molar-refractivity contribution is 6.03. The minimum atomic E-state index is 0.462. The number of rotatable bonds is 1. The first kappa shape index (κ1) is 9.40. The van der Waals surface area contributed by atoms with Gasteiger partial charge in [0.2, 0.25) is 0 Å². The molecule has 80 valence electrons. The average Bonchev–Trinajstić information content (AvgIpc) is 2.67. The van der Waals surface area contributed by atoms with Crippen LogP contribution >= 0.6 is 0 Å². The molecule has 0 atom stereocenters. The summed E-state index contributed by atoms with van der Waals surface area (Å²) in [5.74, 6) is 0.462. The smallest absolute Gasteiger partial charge is 0.153 e. The summed E-state index contributed by atoms with van der Waals surface area (Å²) in [4.78, 5) is 4.38. The van der Waals surface area contributed by atoms with Crippen LogP contribution in [0.2, 0.25) is 0 Å². The fourth-order valence-electron chi connectivity index (χ4n) is 2.10. The van der Waals surface area contributed by atoms with Crippen LogP contribution < -0.4 is 0 Å². The van der Waals surface area contributed by atoms with E-state index in [-0.39, 0.29) is 0 Å². The second kappa shape index (κ2) is 3.34. The van der Waals surface area contributed by atoms with Gasteiger partial charge >= 0.3 is 0 Å². The van der Waals surface area contributed by atoms with Crippen molar-refractivity contribution in [2.24, 2.45) is 0 Å². The third kappa shape index (κ3) is 1.23. The van der Waals surface area contributed by atoms with Crippen LogP contribution in [0.3, 0.4) is 0 Å². The molecule has 0 saturated heterocycles. The zero-order chi connectivity index (χ0) is 11.1. The van der Waals surface area contributed by atoms with Gasteiger partial charge in [-0.3, -0.25) is 4.98 Å². The molecular weight excluding hydrogens is 198 g/mol. The van der Waals surface area contributed by atoms with Gasteiger partial charge in [-0.05, 0) is 29.7 Å². The number of nitrogens with zero attached hydrogens (tertiary/aromatic N) is 1. The fourth-order valence-corrected chi connectivity index (χ4v) is 2.10. The topological polar surface area (TPSA) is 26.0 Å². The summed E-state index contributed by atoms with van der Waals surface area (Å²) < 4.78 is 5.88. The van der Waals surface area contributed by atoms with Crippen LogP contribution in [0.15, 0.2) is 40.9 Å². The van der Waals surface area contributed by atoms with Crippen molar-refractivity contribution in [2.75, 3.05) is 0 Å². The number of fused-ring (bicyclic) bond motifs is 3. The maximum atomic E-state index is 5.88. The van der Waals surface area contributed by atoms with Gasteiger partial charge in [-0.15, -0.1) is 0 Å². The van der Waals surface area contributed by atoms with Gasteiger partial charge in [0.05, 0.1) is 0 Å². The standard InChI is InChI=1S/C14H13NO/c1-9(2)10-5-3-6-11-13-12(16-14(10)11)7-4-8-15-13/h3-9H,1-2H3. The lowest BCUT2D eigenvalue weighted by atomic mass is 10.0. The maximum absolute atomic E-state index is 5.88. The number of benzene rings is 1. The number of pyridine rings is 1. The molecule has 0 amide bonds. The van der Waals surface area contributed by atoms with Crippen LogP contribution in [-0.4, -0.2) is 4.98 Å². The molecule has 2 heteroatoms. The summed E-state index contributed by atoms with van der Waals surface area (Å²) in [6.45, 7) is 4.35. The largest absolute Gasteiger partial charge is 0.454 e. The second-order valence-corrected chi connectivity index (χ2v) is 4.33. The molecular formula is C14H13NO. The van der Waals surface area contributed by atoms with Gasteiger partial charge in [0.15, 0.2) is 5.58 Å². The average molecular weight is 211 g/mol. The Balaban J connectivity index is 2.49. The summed E-state index contributed by atoms with van der Waals surface area (Å²) in [5.41, 5.74) is 4.05. The zero-order valence-electron chi connectivity index (χ0n) is 9.40. The van der Waals surface area contributed by atoms with Gasteiger partial charge in [-0.25, -0.2) is 0 Å². The molecule has 0 N–H and O–H groups in total. The summed E-state index contributed by atoms with van der Waals surface area (Å²) in [5, 5.41) is 1.11. The zero-order valence-corrected chi connectivity index (χ0v) is 9.40. The van der Waals surface area contributed by atoms with E-state index in [9.17, 15) is 0 Å². The molecule has 0 fully saturated rings. The molecule has 0 bridgehead atoms. The van der Waals surface area contributed by atoms with Gasteiger partial charge in [-0.1, -0.05) is 26.0 Å². The molecule has 0 aliphatic heterocycles. The van der Waals surface area contributed by atoms with Crippen molar-refractivity contribution in [2.45, 2.75) is 19.8 Å². The molecule has 2 nitrogen and oxygen atoms in total. The molecule has 0 spiro atoms. The molecule has 0 radical (unpaired) electrons. The molecule has 2 heterocycles. The van der Waals surface area contributed by atoms with Crippen LogP contribution in [0.25, 0.3) is 22.1 Å². The number of furan rings is 1. The molecule has 1 aromatic carbocycles. The van der Waals surface area contributed by atoms with Gasteiger partial charge in [0.25, 0.3) is 0 Å². The number of para-hydroxylation sites is 1. The Labute approximate surface area is 93.9 Å². The van der Waals surface area contributed by atoms with E-state index in [1.54, 1.807) is 6.20 Å². The van der Waals surface area contributed by atoms with Crippen molar-refractivity contribution in [1.29, 1.82) is 0 Å².